The van der Waals surface area contributed by atoms with Crippen LogP contribution >= 0.6 is 0 Å². The van der Waals surface area contributed by atoms with E-state index in [1.165, 1.54) is 0 Å². The van der Waals surface area contributed by atoms with E-state index >= 15 is 0 Å². The Morgan fingerprint density at radius 3 is 2.63 bits per heavy atom. The van der Waals surface area contributed by atoms with Crippen LogP contribution in [0, 0.1) is 6.92 Å². The van der Waals surface area contributed by atoms with Crippen LogP contribution < -0.4 is 15.4 Å². The van der Waals surface area contributed by atoms with E-state index in [9.17, 15) is 4.79 Å². The number of benzene rings is 1. The van der Waals surface area contributed by atoms with Gasteiger partial charge in [-0.3, -0.25) is 9.78 Å². The smallest absolute Gasteiger partial charge is 0.270 e. The number of amides is 1. The number of methoxy groups -OCH3 is 1. The summed E-state index contributed by atoms with van der Waals surface area (Å²) in [5, 5.41) is 6.01. The molecular formula is C20H21N5O2. The van der Waals surface area contributed by atoms with Crippen molar-refractivity contribution in [2.75, 3.05) is 12.4 Å². The largest absolute Gasteiger partial charge is 0.496 e. The molecule has 2 heterocycles. The number of aromatic nitrogens is 3. The van der Waals surface area contributed by atoms with Crippen molar-refractivity contribution >= 4 is 11.9 Å². The number of carbonyl (C=O) groups excluding carboxylic acids is 1. The lowest BCUT2D eigenvalue weighted by atomic mass is 10.2. The standard InChI is InChI=1S/C20H21N5O2/c1-14-11-17(19(26)22-12-15-7-9-21-10-8-15)25-20(24-14)23-13-16-5-3-4-6-18(16)27-2/h3-11H,12-13H2,1-2H3,(H,22,26)(H,23,24,25). The Kier molecular flexibility index (Phi) is 5.94. The molecular weight excluding hydrogens is 342 g/mol. The maximum absolute atomic E-state index is 12.4. The minimum Gasteiger partial charge on any atom is -0.496 e. The van der Waals surface area contributed by atoms with E-state index in [1.54, 1.807) is 25.6 Å². The zero-order valence-corrected chi connectivity index (χ0v) is 15.3. The molecule has 7 heteroatoms. The van der Waals surface area contributed by atoms with Gasteiger partial charge in [0.2, 0.25) is 5.95 Å². The first-order valence-electron chi connectivity index (χ1n) is 8.54. The number of nitrogens with zero attached hydrogens (tertiary/aromatic N) is 3. The van der Waals surface area contributed by atoms with Gasteiger partial charge in [0.15, 0.2) is 0 Å². The molecule has 0 fully saturated rings. The van der Waals surface area contributed by atoms with Gasteiger partial charge in [0.1, 0.15) is 11.4 Å². The summed E-state index contributed by atoms with van der Waals surface area (Å²) in [5.41, 5.74) is 2.98. The van der Waals surface area contributed by atoms with E-state index < -0.39 is 0 Å². The fourth-order valence-corrected chi connectivity index (χ4v) is 2.56. The molecule has 27 heavy (non-hydrogen) atoms. The van der Waals surface area contributed by atoms with Gasteiger partial charge in [0.05, 0.1) is 7.11 Å². The molecule has 7 nitrogen and oxygen atoms in total. The van der Waals surface area contributed by atoms with Crippen LogP contribution in [0.4, 0.5) is 5.95 Å². The maximum Gasteiger partial charge on any atom is 0.270 e. The molecule has 0 atom stereocenters. The lowest BCUT2D eigenvalue weighted by Gasteiger charge is -2.11. The molecule has 0 saturated carbocycles. The van der Waals surface area contributed by atoms with Gasteiger partial charge < -0.3 is 15.4 Å². The van der Waals surface area contributed by atoms with Crippen LogP contribution in [0.15, 0.2) is 54.9 Å². The van der Waals surface area contributed by atoms with Gasteiger partial charge in [-0.2, -0.15) is 0 Å². The quantitative estimate of drug-likeness (QED) is 0.671. The van der Waals surface area contributed by atoms with Gasteiger partial charge in [-0.1, -0.05) is 18.2 Å². The molecule has 0 aliphatic carbocycles. The third-order valence-corrected chi connectivity index (χ3v) is 3.92. The lowest BCUT2D eigenvalue weighted by Crippen LogP contribution is -2.24. The second kappa shape index (κ2) is 8.75. The summed E-state index contributed by atoms with van der Waals surface area (Å²) >= 11 is 0. The number of para-hydroxylation sites is 1. The number of hydrogen-bond acceptors (Lipinski definition) is 6. The van der Waals surface area contributed by atoms with Crippen molar-refractivity contribution in [2.45, 2.75) is 20.0 Å². The first-order chi connectivity index (χ1) is 13.2. The van der Waals surface area contributed by atoms with Crippen LogP contribution in [0.1, 0.15) is 27.3 Å². The molecule has 1 amide bonds. The minimum absolute atomic E-state index is 0.252. The summed E-state index contributed by atoms with van der Waals surface area (Å²) in [7, 11) is 1.63. The van der Waals surface area contributed by atoms with Crippen molar-refractivity contribution in [2.24, 2.45) is 0 Å². The lowest BCUT2D eigenvalue weighted by molar-refractivity contribution is 0.0945. The maximum atomic E-state index is 12.4. The number of nitrogens with one attached hydrogen (secondary N) is 2. The second-order valence-corrected chi connectivity index (χ2v) is 5.92. The summed E-state index contributed by atoms with van der Waals surface area (Å²) in [4.78, 5) is 25.1. The highest BCUT2D eigenvalue weighted by molar-refractivity contribution is 5.92. The average Bonchev–Trinajstić information content (AvgIpc) is 2.71. The normalized spacial score (nSPS) is 10.3. The Balaban J connectivity index is 1.67. The summed E-state index contributed by atoms with van der Waals surface area (Å²) < 4.78 is 5.34. The molecule has 0 bridgehead atoms. The van der Waals surface area contributed by atoms with E-state index in [-0.39, 0.29) is 5.91 Å². The summed E-state index contributed by atoms with van der Waals surface area (Å²) in [6, 6.07) is 13.1. The topological polar surface area (TPSA) is 89.0 Å². The first-order valence-corrected chi connectivity index (χ1v) is 8.54. The third kappa shape index (κ3) is 5.01. The number of carbonyl (C=O) groups is 1. The molecule has 3 aromatic rings. The highest BCUT2D eigenvalue weighted by Gasteiger charge is 2.11. The predicted molar refractivity (Wildman–Crippen MR) is 102 cm³/mol. The fourth-order valence-electron chi connectivity index (χ4n) is 2.56. The summed E-state index contributed by atoms with van der Waals surface area (Å²) in [6.07, 6.45) is 3.38. The zero-order chi connectivity index (χ0) is 19.1. The van der Waals surface area contributed by atoms with Crippen LogP contribution in [-0.4, -0.2) is 28.0 Å². The second-order valence-electron chi connectivity index (χ2n) is 5.92. The van der Waals surface area contributed by atoms with Gasteiger partial charge in [0.25, 0.3) is 5.91 Å². The van der Waals surface area contributed by atoms with Crippen molar-refractivity contribution < 1.29 is 9.53 Å². The number of rotatable bonds is 7. The highest BCUT2D eigenvalue weighted by atomic mass is 16.5. The highest BCUT2D eigenvalue weighted by Crippen LogP contribution is 2.18. The van der Waals surface area contributed by atoms with Crippen LogP contribution in [0.2, 0.25) is 0 Å². The number of hydrogen-bond donors (Lipinski definition) is 2. The van der Waals surface area contributed by atoms with E-state index in [0.29, 0.717) is 30.4 Å². The number of anilines is 1. The fraction of sp³-hybridized carbons (Fsp3) is 0.200. The number of ether oxygens (including phenoxy) is 1. The Labute approximate surface area is 157 Å². The van der Waals surface area contributed by atoms with Gasteiger partial charge >= 0.3 is 0 Å². The van der Waals surface area contributed by atoms with Crippen molar-refractivity contribution in [3.63, 3.8) is 0 Å². The molecule has 0 spiro atoms. The van der Waals surface area contributed by atoms with Crippen LogP contribution in [-0.2, 0) is 13.1 Å². The van der Waals surface area contributed by atoms with E-state index in [0.717, 1.165) is 16.9 Å². The van der Waals surface area contributed by atoms with Crippen LogP contribution in [0.25, 0.3) is 0 Å². The van der Waals surface area contributed by atoms with Crippen LogP contribution in [0.3, 0.4) is 0 Å². The Bertz CT molecular complexity index is 915. The van der Waals surface area contributed by atoms with Crippen molar-refractivity contribution in [1.82, 2.24) is 20.3 Å². The summed E-state index contributed by atoms with van der Waals surface area (Å²) in [6.45, 7) is 2.73. The Morgan fingerprint density at radius 1 is 1.07 bits per heavy atom. The monoisotopic (exact) mass is 363 g/mol. The summed E-state index contributed by atoms with van der Waals surface area (Å²) in [5.74, 6) is 0.931. The molecule has 0 saturated heterocycles. The number of pyridine rings is 1. The molecule has 3 rings (SSSR count). The van der Waals surface area contributed by atoms with Gasteiger partial charge in [-0.25, -0.2) is 9.97 Å². The molecule has 0 radical (unpaired) electrons. The first kappa shape index (κ1) is 18.3. The molecule has 1 aromatic carbocycles. The minimum atomic E-state index is -0.252. The number of aryl methyl sites for hydroxylation is 1. The molecule has 0 unspecified atom stereocenters. The molecule has 0 aliphatic rings. The van der Waals surface area contributed by atoms with E-state index in [2.05, 4.69) is 25.6 Å². The van der Waals surface area contributed by atoms with Gasteiger partial charge in [-0.15, -0.1) is 0 Å². The SMILES string of the molecule is COc1ccccc1CNc1nc(C)cc(C(=O)NCc2ccncc2)n1. The zero-order valence-electron chi connectivity index (χ0n) is 15.3. The van der Waals surface area contributed by atoms with Gasteiger partial charge in [-0.05, 0) is 36.8 Å². The average molecular weight is 363 g/mol. The molecule has 2 aromatic heterocycles. The van der Waals surface area contributed by atoms with Crippen molar-refractivity contribution in [1.29, 1.82) is 0 Å². The van der Waals surface area contributed by atoms with Crippen molar-refractivity contribution in [3.05, 3.63) is 77.4 Å². The van der Waals surface area contributed by atoms with Gasteiger partial charge in [0, 0.05) is 36.7 Å². The van der Waals surface area contributed by atoms with E-state index in [4.69, 9.17) is 4.74 Å². The molecule has 138 valence electrons. The Hall–Kier alpha value is -3.48. The predicted octanol–water partition coefficient (Wildman–Crippen LogP) is 2.73. The third-order valence-electron chi connectivity index (χ3n) is 3.92. The molecule has 2 N–H and O–H groups in total. The van der Waals surface area contributed by atoms with Crippen molar-refractivity contribution in [3.8, 4) is 5.75 Å². The molecule has 0 aliphatic heterocycles. The Morgan fingerprint density at radius 2 is 1.85 bits per heavy atom. The van der Waals surface area contributed by atoms with Crippen LogP contribution in [0.5, 0.6) is 5.75 Å². The van der Waals surface area contributed by atoms with E-state index in [1.807, 2.05) is 43.3 Å².